The van der Waals surface area contributed by atoms with Crippen LogP contribution >= 0.6 is 0 Å². The molecule has 0 spiro atoms. The quantitative estimate of drug-likeness (QED) is 0.820. The van der Waals surface area contributed by atoms with Gasteiger partial charge < -0.3 is 5.32 Å². The van der Waals surface area contributed by atoms with Gasteiger partial charge in [-0.1, -0.05) is 38.8 Å². The molecule has 1 nitrogen and oxygen atoms in total. The molecule has 0 saturated heterocycles. The van der Waals surface area contributed by atoms with Crippen LogP contribution in [-0.2, 0) is 0 Å². The summed E-state index contributed by atoms with van der Waals surface area (Å²) in [6.07, 6.45) is 5.08. The Morgan fingerprint density at radius 1 is 1.39 bits per heavy atom. The minimum absolute atomic E-state index is 0.137. The fourth-order valence-electron chi connectivity index (χ4n) is 3.04. The van der Waals surface area contributed by atoms with Crippen LogP contribution in [0.25, 0.3) is 0 Å². The van der Waals surface area contributed by atoms with Crippen LogP contribution in [0.4, 0.5) is 4.39 Å². The minimum Gasteiger partial charge on any atom is -0.310 e. The molecule has 2 rings (SSSR count). The number of hydrogen-bond acceptors (Lipinski definition) is 1. The molecule has 3 atom stereocenters. The van der Waals surface area contributed by atoms with Crippen LogP contribution in [0.3, 0.4) is 0 Å². The average molecular weight is 249 g/mol. The van der Waals surface area contributed by atoms with Crippen LogP contribution in [0.15, 0.2) is 24.3 Å². The molecular formula is C16H24FN. The van der Waals surface area contributed by atoms with E-state index in [1.165, 1.54) is 25.3 Å². The zero-order valence-corrected chi connectivity index (χ0v) is 11.5. The normalized spacial score (nSPS) is 25.3. The van der Waals surface area contributed by atoms with Gasteiger partial charge in [0.1, 0.15) is 5.82 Å². The molecule has 0 radical (unpaired) electrons. The van der Waals surface area contributed by atoms with Gasteiger partial charge in [-0.15, -0.1) is 0 Å². The van der Waals surface area contributed by atoms with Gasteiger partial charge in [-0.2, -0.15) is 0 Å². The van der Waals surface area contributed by atoms with Gasteiger partial charge >= 0.3 is 0 Å². The second-order valence-corrected chi connectivity index (χ2v) is 5.59. The van der Waals surface area contributed by atoms with Crippen LogP contribution in [0.5, 0.6) is 0 Å². The third kappa shape index (κ3) is 3.32. The second-order valence-electron chi connectivity index (χ2n) is 5.59. The molecule has 1 N–H and O–H groups in total. The maximum atomic E-state index is 13.2. The fraction of sp³-hybridized carbons (Fsp3) is 0.625. The van der Waals surface area contributed by atoms with Crippen molar-refractivity contribution in [1.82, 2.24) is 5.32 Å². The fourth-order valence-corrected chi connectivity index (χ4v) is 3.04. The van der Waals surface area contributed by atoms with Crippen molar-refractivity contribution in [2.75, 3.05) is 6.54 Å². The molecule has 2 heteroatoms. The Morgan fingerprint density at radius 3 is 2.83 bits per heavy atom. The zero-order chi connectivity index (χ0) is 13.0. The lowest BCUT2D eigenvalue weighted by Gasteiger charge is -2.22. The number of rotatable bonds is 5. The lowest BCUT2D eigenvalue weighted by molar-refractivity contribution is 0.364. The van der Waals surface area contributed by atoms with Gasteiger partial charge in [-0.05, 0) is 48.9 Å². The van der Waals surface area contributed by atoms with Crippen molar-refractivity contribution in [2.24, 2.45) is 11.8 Å². The Morgan fingerprint density at radius 2 is 2.22 bits per heavy atom. The molecule has 1 fully saturated rings. The lowest BCUT2D eigenvalue weighted by atomic mass is 9.97. The van der Waals surface area contributed by atoms with Gasteiger partial charge in [0.15, 0.2) is 0 Å². The van der Waals surface area contributed by atoms with Crippen molar-refractivity contribution in [3.63, 3.8) is 0 Å². The van der Waals surface area contributed by atoms with E-state index >= 15 is 0 Å². The largest absolute Gasteiger partial charge is 0.310 e. The molecule has 0 bridgehead atoms. The van der Waals surface area contributed by atoms with Gasteiger partial charge in [0.2, 0.25) is 0 Å². The Bertz CT molecular complexity index is 377. The van der Waals surface area contributed by atoms with E-state index in [0.29, 0.717) is 0 Å². The molecule has 0 heterocycles. The monoisotopic (exact) mass is 249 g/mol. The van der Waals surface area contributed by atoms with Crippen LogP contribution in [0, 0.1) is 17.7 Å². The van der Waals surface area contributed by atoms with Gasteiger partial charge in [-0.25, -0.2) is 4.39 Å². The molecular weight excluding hydrogens is 225 g/mol. The van der Waals surface area contributed by atoms with E-state index in [9.17, 15) is 4.39 Å². The molecule has 1 aliphatic rings. The zero-order valence-electron chi connectivity index (χ0n) is 11.5. The second kappa shape index (κ2) is 6.33. The van der Waals surface area contributed by atoms with Gasteiger partial charge in [0, 0.05) is 6.04 Å². The molecule has 100 valence electrons. The molecule has 3 unspecified atom stereocenters. The predicted molar refractivity (Wildman–Crippen MR) is 73.9 cm³/mol. The minimum atomic E-state index is -0.137. The first-order chi connectivity index (χ1) is 8.70. The SMILES string of the molecule is CCC(NCC1CCCC1C)c1cccc(F)c1. The van der Waals surface area contributed by atoms with Crippen LogP contribution in [-0.4, -0.2) is 6.54 Å². The predicted octanol–water partition coefficient (Wildman–Crippen LogP) is 4.30. The Labute approximate surface area is 110 Å². The first kappa shape index (κ1) is 13.5. The van der Waals surface area contributed by atoms with E-state index in [-0.39, 0.29) is 11.9 Å². The van der Waals surface area contributed by atoms with E-state index in [1.54, 1.807) is 12.1 Å². The van der Waals surface area contributed by atoms with Crippen molar-refractivity contribution in [2.45, 2.75) is 45.6 Å². The maximum absolute atomic E-state index is 13.2. The van der Waals surface area contributed by atoms with E-state index in [2.05, 4.69) is 19.2 Å². The molecule has 1 aromatic rings. The highest BCUT2D eigenvalue weighted by molar-refractivity contribution is 5.20. The molecule has 1 aromatic carbocycles. The molecule has 0 aliphatic heterocycles. The highest BCUT2D eigenvalue weighted by atomic mass is 19.1. The Balaban J connectivity index is 1.93. The summed E-state index contributed by atoms with van der Waals surface area (Å²) in [5.74, 6) is 1.50. The third-order valence-electron chi connectivity index (χ3n) is 4.32. The average Bonchev–Trinajstić information content (AvgIpc) is 2.76. The number of nitrogens with one attached hydrogen (secondary N) is 1. The van der Waals surface area contributed by atoms with E-state index < -0.39 is 0 Å². The first-order valence-corrected chi connectivity index (χ1v) is 7.19. The summed E-state index contributed by atoms with van der Waals surface area (Å²) >= 11 is 0. The summed E-state index contributed by atoms with van der Waals surface area (Å²) < 4.78 is 13.2. The molecule has 0 amide bonds. The van der Waals surface area contributed by atoms with Crippen molar-refractivity contribution in [1.29, 1.82) is 0 Å². The third-order valence-corrected chi connectivity index (χ3v) is 4.32. The molecule has 1 saturated carbocycles. The number of halogens is 1. The Kier molecular flexibility index (Phi) is 4.76. The van der Waals surface area contributed by atoms with Gasteiger partial charge in [0.25, 0.3) is 0 Å². The van der Waals surface area contributed by atoms with E-state index in [4.69, 9.17) is 0 Å². The number of benzene rings is 1. The van der Waals surface area contributed by atoms with Crippen molar-refractivity contribution in [3.8, 4) is 0 Å². The van der Waals surface area contributed by atoms with Gasteiger partial charge in [0.05, 0.1) is 0 Å². The summed E-state index contributed by atoms with van der Waals surface area (Å²) in [5.41, 5.74) is 1.07. The van der Waals surface area contributed by atoms with E-state index in [1.807, 2.05) is 6.07 Å². The molecule has 18 heavy (non-hydrogen) atoms. The first-order valence-electron chi connectivity index (χ1n) is 7.19. The Hall–Kier alpha value is -0.890. The summed E-state index contributed by atoms with van der Waals surface area (Å²) in [4.78, 5) is 0. The topological polar surface area (TPSA) is 12.0 Å². The summed E-state index contributed by atoms with van der Waals surface area (Å²) in [6, 6.07) is 7.26. The van der Waals surface area contributed by atoms with Crippen molar-refractivity contribution in [3.05, 3.63) is 35.6 Å². The smallest absolute Gasteiger partial charge is 0.123 e. The lowest BCUT2D eigenvalue weighted by Crippen LogP contribution is -2.28. The molecule has 1 aliphatic carbocycles. The van der Waals surface area contributed by atoms with Crippen molar-refractivity contribution < 1.29 is 4.39 Å². The number of hydrogen-bond donors (Lipinski definition) is 1. The summed E-state index contributed by atoms with van der Waals surface area (Å²) in [5, 5.41) is 3.62. The van der Waals surface area contributed by atoms with Gasteiger partial charge in [-0.3, -0.25) is 0 Å². The van der Waals surface area contributed by atoms with Crippen LogP contribution in [0.2, 0.25) is 0 Å². The van der Waals surface area contributed by atoms with Crippen LogP contribution < -0.4 is 5.32 Å². The van der Waals surface area contributed by atoms with E-state index in [0.717, 1.165) is 30.4 Å². The standard InChI is InChI=1S/C16H24FN/c1-3-16(13-7-5-9-15(17)10-13)18-11-14-8-4-6-12(14)2/h5,7,9-10,12,14,16,18H,3-4,6,8,11H2,1-2H3. The molecule has 0 aromatic heterocycles. The highest BCUT2D eigenvalue weighted by Gasteiger charge is 2.23. The summed E-state index contributed by atoms with van der Waals surface area (Å²) in [7, 11) is 0. The van der Waals surface area contributed by atoms with Crippen molar-refractivity contribution >= 4 is 0 Å². The maximum Gasteiger partial charge on any atom is 0.123 e. The summed E-state index contributed by atoms with van der Waals surface area (Å²) in [6.45, 7) is 5.57. The highest BCUT2D eigenvalue weighted by Crippen LogP contribution is 2.31. The van der Waals surface area contributed by atoms with Crippen LogP contribution in [0.1, 0.15) is 51.1 Å².